The van der Waals surface area contributed by atoms with Crippen molar-refractivity contribution in [3.8, 4) is 0 Å². The highest BCUT2D eigenvalue weighted by Gasteiger charge is 2.37. The van der Waals surface area contributed by atoms with Gasteiger partial charge in [-0.25, -0.2) is 4.79 Å². The number of nitrogens with zero attached hydrogens (tertiary/aromatic N) is 3. The highest BCUT2D eigenvalue weighted by atomic mass is 19.4. The molecule has 12 heteroatoms. The Labute approximate surface area is 202 Å². The van der Waals surface area contributed by atoms with E-state index in [1.54, 1.807) is 12.1 Å². The van der Waals surface area contributed by atoms with Gasteiger partial charge >= 0.3 is 12.3 Å². The third-order valence-electron chi connectivity index (χ3n) is 4.94. The molecule has 1 atom stereocenters. The Bertz CT molecular complexity index is 833. The van der Waals surface area contributed by atoms with E-state index in [-0.39, 0.29) is 30.7 Å². The van der Waals surface area contributed by atoms with Gasteiger partial charge in [-0.2, -0.15) is 13.2 Å². The molecule has 0 aromatic heterocycles. The van der Waals surface area contributed by atoms with Crippen LogP contribution in [-0.2, 0) is 30.5 Å². The molecule has 0 saturated carbocycles. The predicted molar refractivity (Wildman–Crippen MR) is 124 cm³/mol. The Kier molecular flexibility index (Phi) is 14.6. The van der Waals surface area contributed by atoms with Gasteiger partial charge in [0.1, 0.15) is 32.9 Å². The maximum Gasteiger partial charge on any atom is 0.414 e. The zero-order valence-electron chi connectivity index (χ0n) is 20.2. The van der Waals surface area contributed by atoms with E-state index in [0.29, 0.717) is 29.1 Å². The van der Waals surface area contributed by atoms with Gasteiger partial charge in [0.05, 0.1) is 12.3 Å². The normalized spacial score (nSPS) is 16.4. The van der Waals surface area contributed by atoms with Gasteiger partial charge in [0.2, 0.25) is 0 Å². The number of anilines is 1. The highest BCUT2D eigenvalue weighted by molar-refractivity contribution is 6.39. The van der Waals surface area contributed by atoms with Crippen LogP contribution >= 0.6 is 0 Å². The minimum Gasteiger partial charge on any atom is -0.449 e. The molecule has 0 aliphatic carbocycles. The molecule has 35 heavy (non-hydrogen) atoms. The molecule has 1 unspecified atom stereocenters. The lowest BCUT2D eigenvalue weighted by Gasteiger charge is -2.33. The molecule has 1 aromatic carbocycles. The van der Waals surface area contributed by atoms with Crippen LogP contribution in [0.2, 0.25) is 0 Å². The fourth-order valence-electron chi connectivity index (χ4n) is 3.62. The van der Waals surface area contributed by atoms with Gasteiger partial charge < -0.3 is 24.1 Å². The monoisotopic (exact) mass is 503 g/mol. The van der Waals surface area contributed by atoms with Crippen molar-refractivity contribution >= 4 is 37.0 Å². The molecule has 1 saturated heterocycles. The fourth-order valence-corrected chi connectivity index (χ4v) is 3.62. The number of halogens is 3. The lowest BCUT2D eigenvalue weighted by Crippen LogP contribution is -2.46. The molecule has 1 aliphatic rings. The van der Waals surface area contributed by atoms with E-state index in [2.05, 4.69) is 5.16 Å². The number of piperidine rings is 1. The number of amides is 2. The number of ether oxygens (including phenoxy) is 1. The second-order valence-electron chi connectivity index (χ2n) is 7.19. The van der Waals surface area contributed by atoms with Gasteiger partial charge in [0.25, 0.3) is 5.91 Å². The van der Waals surface area contributed by atoms with E-state index in [0.717, 1.165) is 12.8 Å². The summed E-state index contributed by atoms with van der Waals surface area (Å²) in [5.74, 6) is -0.343. The van der Waals surface area contributed by atoms with Crippen LogP contribution in [0.25, 0.3) is 0 Å². The van der Waals surface area contributed by atoms with Crippen LogP contribution in [0.4, 0.5) is 23.7 Å². The molecule has 1 fully saturated rings. The molecule has 2 amide bonds. The molecule has 0 bridgehead atoms. The first kappa shape index (κ1) is 31.6. The number of hydrogen-bond donors (Lipinski definition) is 0. The quantitative estimate of drug-likeness (QED) is 0.497. The zero-order valence-corrected chi connectivity index (χ0v) is 20.2. The number of benzene rings is 1. The molecule has 9 nitrogen and oxygen atoms in total. The van der Waals surface area contributed by atoms with Crippen LogP contribution in [-0.4, -0.2) is 69.2 Å². The maximum atomic E-state index is 13.2. The van der Waals surface area contributed by atoms with Crippen LogP contribution in [0.5, 0.6) is 0 Å². The van der Waals surface area contributed by atoms with E-state index in [4.69, 9.17) is 19.2 Å². The smallest absolute Gasteiger partial charge is 0.414 e. The first-order chi connectivity index (χ1) is 16.7. The number of alkyl halides is 3. The molecule has 196 valence electrons. The summed E-state index contributed by atoms with van der Waals surface area (Å²) in [7, 11) is 1.37. The Morgan fingerprint density at radius 1 is 1.20 bits per heavy atom. The van der Waals surface area contributed by atoms with Crippen molar-refractivity contribution < 1.29 is 41.9 Å². The largest absolute Gasteiger partial charge is 0.449 e. The summed E-state index contributed by atoms with van der Waals surface area (Å²) in [6.45, 7) is 6.44. The number of likely N-dealkylation sites (tertiary alicyclic amines) is 1. The van der Waals surface area contributed by atoms with E-state index >= 15 is 0 Å². The first-order valence-electron chi connectivity index (χ1n) is 10.8. The summed E-state index contributed by atoms with van der Waals surface area (Å²) < 4.78 is 44.3. The molecular weight excluding hydrogens is 471 g/mol. The summed E-state index contributed by atoms with van der Waals surface area (Å²) >= 11 is 0. The standard InChI is InChI=1S/C21H28F3N3O4.2CH2O/c1-4-8-15-11-12-26(19(28)18(15)25-30-3)13-16-9-6-7-10-17(16)27(14-21(22,23)24)20(29)31-5-2;2*1-2/h6-7,9-10,15H,4-5,8,11-14H2,1-3H3;2*1H2/b25-18+;;. The topological polar surface area (TPSA) is 106 Å². The molecule has 1 aromatic rings. The van der Waals surface area contributed by atoms with Crippen molar-refractivity contribution in [3.63, 3.8) is 0 Å². The van der Waals surface area contributed by atoms with Gasteiger partial charge in [-0.05, 0) is 31.4 Å². The van der Waals surface area contributed by atoms with Crippen molar-refractivity contribution in [1.29, 1.82) is 0 Å². The van der Waals surface area contributed by atoms with Gasteiger partial charge in [0.15, 0.2) is 0 Å². The van der Waals surface area contributed by atoms with E-state index in [9.17, 15) is 22.8 Å². The van der Waals surface area contributed by atoms with Crippen molar-refractivity contribution in [2.45, 2.75) is 45.8 Å². The highest BCUT2D eigenvalue weighted by Crippen LogP contribution is 2.29. The third-order valence-corrected chi connectivity index (χ3v) is 4.94. The lowest BCUT2D eigenvalue weighted by molar-refractivity contribution is -0.126. The zero-order chi connectivity index (χ0) is 27.0. The molecule has 0 N–H and O–H groups in total. The summed E-state index contributed by atoms with van der Waals surface area (Å²) in [6, 6.07) is 6.19. The molecule has 0 spiro atoms. The van der Waals surface area contributed by atoms with Crippen molar-refractivity contribution in [3.05, 3.63) is 29.8 Å². The van der Waals surface area contributed by atoms with Gasteiger partial charge in [-0.15, -0.1) is 0 Å². The number of hydrogen-bond acceptors (Lipinski definition) is 7. The first-order valence-corrected chi connectivity index (χ1v) is 10.8. The van der Waals surface area contributed by atoms with Crippen molar-refractivity contribution in [1.82, 2.24) is 4.90 Å². The second kappa shape index (κ2) is 16.2. The minimum absolute atomic E-state index is 0.0230. The van der Waals surface area contributed by atoms with Crippen molar-refractivity contribution in [2.24, 2.45) is 11.1 Å². The average Bonchev–Trinajstić information content (AvgIpc) is 2.84. The van der Waals surface area contributed by atoms with Crippen LogP contribution in [0.1, 0.15) is 38.7 Å². The summed E-state index contributed by atoms with van der Waals surface area (Å²) in [5.41, 5.74) is 0.761. The molecular formula is C23H32F3N3O6. The van der Waals surface area contributed by atoms with Crippen LogP contribution < -0.4 is 4.90 Å². The SMILES string of the molecule is C=O.C=O.CCCC1CCN(Cc2ccccc2N(CC(F)(F)F)C(=O)OCC)C(=O)/C1=N/OC. The molecule has 1 heterocycles. The molecule has 1 aliphatic heterocycles. The summed E-state index contributed by atoms with van der Waals surface area (Å²) in [4.78, 5) is 48.2. The fraction of sp³-hybridized carbons (Fsp3) is 0.522. The summed E-state index contributed by atoms with van der Waals surface area (Å²) in [6.07, 6.45) is -3.36. The average molecular weight is 504 g/mol. The second-order valence-corrected chi connectivity index (χ2v) is 7.19. The number of para-hydroxylation sites is 1. The lowest BCUT2D eigenvalue weighted by atomic mass is 9.89. The van der Waals surface area contributed by atoms with E-state index in [1.807, 2.05) is 20.5 Å². The van der Waals surface area contributed by atoms with Crippen LogP contribution in [0, 0.1) is 5.92 Å². The van der Waals surface area contributed by atoms with Crippen molar-refractivity contribution in [2.75, 3.05) is 31.7 Å². The van der Waals surface area contributed by atoms with Gasteiger partial charge in [-0.1, -0.05) is 36.7 Å². The van der Waals surface area contributed by atoms with E-state index in [1.165, 1.54) is 31.1 Å². The Morgan fingerprint density at radius 3 is 2.37 bits per heavy atom. The molecule has 2 rings (SSSR count). The Balaban J connectivity index is 0.00000274. The number of rotatable bonds is 8. The molecule has 0 radical (unpaired) electrons. The van der Waals surface area contributed by atoms with Crippen LogP contribution in [0.15, 0.2) is 29.4 Å². The third kappa shape index (κ3) is 9.75. The Morgan fingerprint density at radius 2 is 1.83 bits per heavy atom. The predicted octanol–water partition coefficient (Wildman–Crippen LogP) is 3.99. The van der Waals surface area contributed by atoms with E-state index < -0.39 is 18.8 Å². The van der Waals surface area contributed by atoms with Gasteiger partial charge in [-0.3, -0.25) is 9.69 Å². The number of oxime groups is 1. The summed E-state index contributed by atoms with van der Waals surface area (Å²) in [5, 5.41) is 3.91. The maximum absolute atomic E-state index is 13.2. The number of carbonyl (C=O) groups is 4. The van der Waals surface area contributed by atoms with Crippen LogP contribution in [0.3, 0.4) is 0 Å². The minimum atomic E-state index is -4.62. The van der Waals surface area contributed by atoms with Gasteiger partial charge in [0, 0.05) is 19.0 Å². The Hall–Kier alpha value is -3.44. The number of carbonyl (C=O) groups excluding carboxylic acids is 4.